The molecular formula is C5H11NOS. The van der Waals surface area contributed by atoms with Crippen molar-refractivity contribution in [1.82, 2.24) is 0 Å². The Morgan fingerprint density at radius 3 is 2.38 bits per heavy atom. The van der Waals surface area contributed by atoms with E-state index >= 15 is 0 Å². The van der Waals surface area contributed by atoms with Crippen molar-refractivity contribution in [1.29, 1.82) is 5.41 Å². The zero-order valence-electron chi connectivity index (χ0n) is 5.39. The maximum absolute atomic E-state index is 7.18. The molecule has 0 aromatic rings. The summed E-state index contributed by atoms with van der Waals surface area (Å²) in [6.07, 6.45) is 1.84. The van der Waals surface area contributed by atoms with Gasteiger partial charge in [-0.15, -0.1) is 11.8 Å². The Kier molecular flexibility index (Phi) is 3.91. The predicted octanol–water partition coefficient (Wildman–Crippen LogP) is 1.36. The van der Waals surface area contributed by atoms with E-state index < -0.39 is 0 Å². The molecule has 0 bridgehead atoms. The molecular weight excluding hydrogens is 122 g/mol. The summed E-state index contributed by atoms with van der Waals surface area (Å²) in [6, 6.07) is 0. The van der Waals surface area contributed by atoms with Crippen LogP contribution in [0.3, 0.4) is 0 Å². The van der Waals surface area contributed by atoms with Crippen molar-refractivity contribution >= 4 is 16.8 Å². The average Bonchev–Trinajstić information content (AvgIpc) is 1.84. The van der Waals surface area contributed by atoms with Crippen molar-refractivity contribution in [3.63, 3.8) is 0 Å². The molecule has 0 spiro atoms. The molecule has 2 nitrogen and oxygen atoms in total. The van der Waals surface area contributed by atoms with Crippen LogP contribution in [0.15, 0.2) is 0 Å². The molecule has 0 unspecified atom stereocenters. The Balaban J connectivity index is 3.46. The van der Waals surface area contributed by atoms with E-state index in [4.69, 9.17) is 10.1 Å². The van der Waals surface area contributed by atoms with E-state index in [2.05, 4.69) is 0 Å². The number of nitrogens with one attached hydrogen (secondary N) is 1. The molecule has 48 valence electrons. The van der Waals surface area contributed by atoms with Gasteiger partial charge in [0, 0.05) is 7.11 Å². The number of ether oxygens (including phenoxy) is 1. The molecule has 0 amide bonds. The van der Waals surface area contributed by atoms with Gasteiger partial charge in [-0.1, -0.05) is 0 Å². The molecule has 0 rings (SSSR count). The highest BCUT2D eigenvalue weighted by Gasteiger charge is 2.03. The standard InChI is InChI=1S/C5H11NOS/c1-4(7-2)5(6)8-3/h4,6H,1-3H3/t4-/m0/s1. The van der Waals surface area contributed by atoms with Gasteiger partial charge in [-0.25, -0.2) is 0 Å². The minimum Gasteiger partial charge on any atom is -0.375 e. The quantitative estimate of drug-likeness (QED) is 0.456. The molecule has 0 fully saturated rings. The van der Waals surface area contributed by atoms with E-state index in [9.17, 15) is 0 Å². The summed E-state index contributed by atoms with van der Waals surface area (Å²) in [5, 5.41) is 7.76. The summed E-state index contributed by atoms with van der Waals surface area (Å²) in [5.74, 6) is 0. The smallest absolute Gasteiger partial charge is 0.102 e. The molecule has 0 heterocycles. The lowest BCUT2D eigenvalue weighted by Gasteiger charge is -2.06. The lowest BCUT2D eigenvalue weighted by Crippen LogP contribution is -2.13. The first-order valence-electron chi connectivity index (χ1n) is 2.37. The highest BCUT2D eigenvalue weighted by molar-refractivity contribution is 8.13. The minimum absolute atomic E-state index is 0.0370. The van der Waals surface area contributed by atoms with Crippen LogP contribution in [0.2, 0.25) is 0 Å². The number of methoxy groups -OCH3 is 1. The SMILES string of the molecule is CO[C@@H](C)C(=N)SC. The van der Waals surface area contributed by atoms with Crippen molar-refractivity contribution in [3.05, 3.63) is 0 Å². The number of thioether (sulfide) groups is 1. The van der Waals surface area contributed by atoms with Gasteiger partial charge in [0.05, 0.1) is 5.04 Å². The van der Waals surface area contributed by atoms with E-state index in [-0.39, 0.29) is 6.10 Å². The molecule has 0 aliphatic carbocycles. The van der Waals surface area contributed by atoms with Crippen LogP contribution in [0.4, 0.5) is 0 Å². The largest absolute Gasteiger partial charge is 0.375 e. The lowest BCUT2D eigenvalue weighted by atomic mass is 10.4. The van der Waals surface area contributed by atoms with E-state index in [1.165, 1.54) is 11.8 Å². The Morgan fingerprint density at radius 2 is 2.25 bits per heavy atom. The summed E-state index contributed by atoms with van der Waals surface area (Å²) < 4.78 is 4.86. The van der Waals surface area contributed by atoms with Crippen LogP contribution in [0.1, 0.15) is 6.92 Å². The zero-order chi connectivity index (χ0) is 6.57. The van der Waals surface area contributed by atoms with Crippen molar-refractivity contribution in [2.24, 2.45) is 0 Å². The molecule has 0 saturated carbocycles. The molecule has 1 atom stereocenters. The Hall–Kier alpha value is -0.0200. The second-order valence-electron chi connectivity index (χ2n) is 1.45. The van der Waals surface area contributed by atoms with Crippen LogP contribution in [-0.2, 0) is 4.74 Å². The Labute approximate surface area is 54.1 Å². The van der Waals surface area contributed by atoms with Crippen molar-refractivity contribution in [3.8, 4) is 0 Å². The van der Waals surface area contributed by atoms with Gasteiger partial charge in [0.2, 0.25) is 0 Å². The van der Waals surface area contributed by atoms with Gasteiger partial charge in [-0.05, 0) is 13.2 Å². The van der Waals surface area contributed by atoms with E-state index in [1.54, 1.807) is 7.11 Å². The summed E-state index contributed by atoms with van der Waals surface area (Å²) in [5.41, 5.74) is 0. The molecule has 1 N–H and O–H groups in total. The minimum atomic E-state index is -0.0370. The normalized spacial score (nSPS) is 13.4. The summed E-state index contributed by atoms with van der Waals surface area (Å²) in [4.78, 5) is 0. The first-order valence-corrected chi connectivity index (χ1v) is 3.60. The Morgan fingerprint density at radius 1 is 1.75 bits per heavy atom. The van der Waals surface area contributed by atoms with E-state index in [0.717, 1.165) is 0 Å². The molecule has 0 aliphatic rings. The molecule has 0 aromatic carbocycles. The van der Waals surface area contributed by atoms with E-state index in [1.807, 2.05) is 13.2 Å². The highest BCUT2D eigenvalue weighted by Crippen LogP contribution is 2.02. The second kappa shape index (κ2) is 3.92. The summed E-state index contributed by atoms with van der Waals surface area (Å²) >= 11 is 1.42. The van der Waals surface area contributed by atoms with Crippen LogP contribution in [-0.4, -0.2) is 24.5 Å². The third-order valence-electron chi connectivity index (χ3n) is 0.943. The number of rotatable bonds is 2. The van der Waals surface area contributed by atoms with Gasteiger partial charge >= 0.3 is 0 Å². The number of hydrogen-bond donors (Lipinski definition) is 1. The molecule has 0 radical (unpaired) electrons. The predicted molar refractivity (Wildman–Crippen MR) is 37.7 cm³/mol. The van der Waals surface area contributed by atoms with Gasteiger partial charge in [0.15, 0.2) is 0 Å². The summed E-state index contributed by atoms with van der Waals surface area (Å²) in [7, 11) is 1.61. The van der Waals surface area contributed by atoms with Crippen LogP contribution in [0.25, 0.3) is 0 Å². The van der Waals surface area contributed by atoms with Gasteiger partial charge in [0.25, 0.3) is 0 Å². The summed E-state index contributed by atoms with van der Waals surface area (Å²) in [6.45, 7) is 1.86. The molecule has 0 saturated heterocycles. The second-order valence-corrected chi connectivity index (χ2v) is 2.29. The van der Waals surface area contributed by atoms with Crippen LogP contribution >= 0.6 is 11.8 Å². The molecule has 0 aromatic heterocycles. The Bertz CT molecular complexity index is 84.5. The lowest BCUT2D eigenvalue weighted by molar-refractivity contribution is 0.172. The van der Waals surface area contributed by atoms with Crippen molar-refractivity contribution in [2.45, 2.75) is 13.0 Å². The monoisotopic (exact) mass is 133 g/mol. The maximum Gasteiger partial charge on any atom is 0.102 e. The van der Waals surface area contributed by atoms with Crippen LogP contribution in [0.5, 0.6) is 0 Å². The average molecular weight is 133 g/mol. The van der Waals surface area contributed by atoms with Crippen molar-refractivity contribution in [2.75, 3.05) is 13.4 Å². The fourth-order valence-electron chi connectivity index (χ4n) is 0.273. The fraction of sp³-hybridized carbons (Fsp3) is 0.800. The third-order valence-corrected chi connectivity index (χ3v) is 1.71. The van der Waals surface area contributed by atoms with Gasteiger partial charge in [-0.3, -0.25) is 5.41 Å². The molecule has 3 heteroatoms. The molecule has 8 heavy (non-hydrogen) atoms. The third kappa shape index (κ3) is 2.33. The van der Waals surface area contributed by atoms with Crippen LogP contribution < -0.4 is 0 Å². The number of hydrogen-bond acceptors (Lipinski definition) is 3. The van der Waals surface area contributed by atoms with Gasteiger partial charge in [-0.2, -0.15) is 0 Å². The zero-order valence-corrected chi connectivity index (χ0v) is 6.21. The van der Waals surface area contributed by atoms with E-state index in [0.29, 0.717) is 5.04 Å². The van der Waals surface area contributed by atoms with Crippen molar-refractivity contribution < 1.29 is 4.74 Å². The fourth-order valence-corrected chi connectivity index (χ4v) is 0.701. The first-order chi connectivity index (χ1) is 3.72. The maximum atomic E-state index is 7.18. The molecule has 0 aliphatic heterocycles. The first kappa shape index (κ1) is 7.98. The van der Waals surface area contributed by atoms with Crippen LogP contribution in [0, 0.1) is 5.41 Å². The van der Waals surface area contributed by atoms with Gasteiger partial charge in [0.1, 0.15) is 6.10 Å². The topological polar surface area (TPSA) is 33.1 Å². The highest BCUT2D eigenvalue weighted by atomic mass is 32.2. The van der Waals surface area contributed by atoms with Gasteiger partial charge < -0.3 is 4.74 Å².